The number of halogens is 1. The third-order valence-corrected chi connectivity index (χ3v) is 7.10. The summed E-state index contributed by atoms with van der Waals surface area (Å²) in [6.07, 6.45) is 0. The minimum Gasteiger partial charge on any atom is -0.408 e. The molecule has 31 heavy (non-hydrogen) atoms. The second-order valence-electron chi connectivity index (χ2n) is 6.98. The van der Waals surface area contributed by atoms with E-state index in [0.717, 1.165) is 21.5 Å². The number of amidine groups is 1. The third kappa shape index (κ3) is 4.41. The monoisotopic (exact) mass is 477 g/mol. The molecule has 1 fully saturated rings. The molecule has 0 unspecified atom stereocenters. The Morgan fingerprint density at radius 2 is 1.87 bits per heavy atom. The summed E-state index contributed by atoms with van der Waals surface area (Å²) in [6.45, 7) is 2.56. The average molecular weight is 478 g/mol. The number of amides is 1. The minimum absolute atomic E-state index is 0. The molecule has 5 rings (SSSR count). The van der Waals surface area contributed by atoms with Gasteiger partial charge < -0.3 is 14.2 Å². The molecule has 0 aliphatic carbocycles. The maximum absolute atomic E-state index is 12.8. The molecule has 0 saturated carbocycles. The molecule has 8 nitrogen and oxygen atoms in total. The lowest BCUT2D eigenvalue weighted by Gasteiger charge is -2.36. The lowest BCUT2D eigenvalue weighted by Crippen LogP contribution is -2.51. The van der Waals surface area contributed by atoms with Crippen LogP contribution in [-0.2, 0) is 11.3 Å². The third-order valence-electron chi connectivity index (χ3n) is 5.17. The van der Waals surface area contributed by atoms with Crippen molar-refractivity contribution in [1.29, 1.82) is 0 Å². The smallest absolute Gasteiger partial charge is 0.408 e. The van der Waals surface area contributed by atoms with Gasteiger partial charge in [-0.25, -0.2) is 4.79 Å². The SMILES string of the molecule is Cl.O=C(Cn1c(=O)oc2ccccc21)N1CCN(C2=NN=C(c3cccs3)CS2)CC1. The quantitative estimate of drug-likeness (QED) is 0.579. The number of aromatic nitrogens is 1. The molecule has 2 aliphatic rings. The van der Waals surface area contributed by atoms with E-state index in [9.17, 15) is 9.59 Å². The van der Waals surface area contributed by atoms with Gasteiger partial charge in [-0.05, 0) is 23.6 Å². The normalized spacial score (nSPS) is 16.6. The van der Waals surface area contributed by atoms with Crippen molar-refractivity contribution in [3.05, 3.63) is 57.2 Å². The van der Waals surface area contributed by atoms with Gasteiger partial charge in [-0.2, -0.15) is 5.10 Å². The van der Waals surface area contributed by atoms with E-state index in [4.69, 9.17) is 4.42 Å². The summed E-state index contributed by atoms with van der Waals surface area (Å²) in [7, 11) is 0. The highest BCUT2D eigenvalue weighted by Crippen LogP contribution is 2.21. The Morgan fingerprint density at radius 3 is 2.58 bits per heavy atom. The van der Waals surface area contributed by atoms with E-state index < -0.39 is 5.76 Å². The van der Waals surface area contributed by atoms with Crippen LogP contribution in [-0.4, -0.2) is 63.1 Å². The minimum atomic E-state index is -0.504. The largest absolute Gasteiger partial charge is 0.420 e. The van der Waals surface area contributed by atoms with Crippen molar-refractivity contribution in [2.75, 3.05) is 31.9 Å². The number of fused-ring (bicyclic) bond motifs is 1. The van der Waals surface area contributed by atoms with Gasteiger partial charge in [-0.3, -0.25) is 9.36 Å². The number of thiophene rings is 1. The van der Waals surface area contributed by atoms with Crippen molar-refractivity contribution in [2.24, 2.45) is 10.2 Å². The molecule has 2 aromatic heterocycles. The van der Waals surface area contributed by atoms with Crippen LogP contribution in [0.2, 0.25) is 0 Å². The zero-order valence-electron chi connectivity index (χ0n) is 16.5. The van der Waals surface area contributed by atoms with Gasteiger partial charge in [-0.15, -0.1) is 28.8 Å². The number of hydrogen-bond donors (Lipinski definition) is 0. The number of carbonyl (C=O) groups is 1. The average Bonchev–Trinajstić information content (AvgIpc) is 3.43. The van der Waals surface area contributed by atoms with Crippen molar-refractivity contribution in [3.63, 3.8) is 0 Å². The van der Waals surface area contributed by atoms with E-state index in [1.54, 1.807) is 46.2 Å². The first-order valence-corrected chi connectivity index (χ1v) is 11.5. The van der Waals surface area contributed by atoms with Gasteiger partial charge in [0.1, 0.15) is 6.54 Å². The van der Waals surface area contributed by atoms with E-state index in [2.05, 4.69) is 21.2 Å². The summed E-state index contributed by atoms with van der Waals surface area (Å²) < 4.78 is 6.61. The molecule has 4 heterocycles. The van der Waals surface area contributed by atoms with Gasteiger partial charge in [-0.1, -0.05) is 30.0 Å². The number of benzene rings is 1. The van der Waals surface area contributed by atoms with Crippen LogP contribution < -0.4 is 5.76 Å². The zero-order valence-corrected chi connectivity index (χ0v) is 18.9. The standard InChI is InChI=1S/C20H19N5O3S2.ClH/c26-18(12-25-15-4-1-2-5-16(15)28-20(25)27)23-7-9-24(10-8-23)19-22-21-14(13-30-19)17-6-3-11-29-17;/h1-6,11H,7-10,12-13H2;1H. The number of para-hydroxylation sites is 2. The molecule has 3 aromatic rings. The summed E-state index contributed by atoms with van der Waals surface area (Å²) in [5.41, 5.74) is 2.14. The highest BCUT2D eigenvalue weighted by Gasteiger charge is 2.26. The second kappa shape index (κ2) is 9.29. The van der Waals surface area contributed by atoms with E-state index in [-0.39, 0.29) is 24.9 Å². The molecule has 2 aliphatic heterocycles. The number of piperazine rings is 1. The van der Waals surface area contributed by atoms with Crippen molar-refractivity contribution in [1.82, 2.24) is 14.4 Å². The molecule has 0 spiro atoms. The maximum atomic E-state index is 12.8. The highest BCUT2D eigenvalue weighted by molar-refractivity contribution is 8.14. The van der Waals surface area contributed by atoms with Crippen LogP contribution in [0, 0.1) is 0 Å². The van der Waals surface area contributed by atoms with Crippen LogP contribution in [0.25, 0.3) is 11.1 Å². The molecule has 0 N–H and O–H groups in total. The van der Waals surface area contributed by atoms with Crippen molar-refractivity contribution < 1.29 is 9.21 Å². The van der Waals surface area contributed by atoms with Crippen LogP contribution >= 0.6 is 35.5 Å². The summed E-state index contributed by atoms with van der Waals surface area (Å²) in [5.74, 6) is 0.213. The number of oxazole rings is 1. The van der Waals surface area contributed by atoms with Gasteiger partial charge in [0.2, 0.25) is 5.91 Å². The lowest BCUT2D eigenvalue weighted by atomic mass is 10.3. The fraction of sp³-hybridized carbons (Fsp3) is 0.300. The predicted octanol–water partition coefficient (Wildman–Crippen LogP) is 2.73. The molecule has 11 heteroatoms. The van der Waals surface area contributed by atoms with Crippen molar-refractivity contribution in [2.45, 2.75) is 6.54 Å². The number of hydrogen-bond acceptors (Lipinski definition) is 8. The Balaban J connectivity index is 0.00000231. The summed E-state index contributed by atoms with van der Waals surface area (Å²) >= 11 is 3.35. The maximum Gasteiger partial charge on any atom is 0.420 e. The Hall–Kier alpha value is -2.56. The molecule has 162 valence electrons. The second-order valence-corrected chi connectivity index (χ2v) is 8.88. The van der Waals surface area contributed by atoms with Crippen LogP contribution in [0.5, 0.6) is 0 Å². The van der Waals surface area contributed by atoms with Gasteiger partial charge in [0.05, 0.1) is 16.1 Å². The summed E-state index contributed by atoms with van der Waals surface area (Å²) in [4.78, 5) is 30.0. The van der Waals surface area contributed by atoms with Gasteiger partial charge >= 0.3 is 5.76 Å². The Bertz CT molecular complexity index is 1190. The molecular formula is C20H20ClN5O3S2. The van der Waals surface area contributed by atoms with E-state index in [0.29, 0.717) is 37.3 Å². The molecule has 0 radical (unpaired) electrons. The first-order chi connectivity index (χ1) is 14.7. The Kier molecular flexibility index (Phi) is 6.49. The molecule has 1 aromatic carbocycles. The molecule has 1 saturated heterocycles. The number of carbonyl (C=O) groups excluding carboxylic acids is 1. The van der Waals surface area contributed by atoms with Crippen LogP contribution in [0.1, 0.15) is 4.88 Å². The number of rotatable bonds is 3. The first-order valence-electron chi connectivity index (χ1n) is 9.61. The van der Waals surface area contributed by atoms with E-state index in [1.807, 2.05) is 17.5 Å². The summed E-state index contributed by atoms with van der Waals surface area (Å²) in [6, 6.07) is 11.2. The van der Waals surface area contributed by atoms with Gasteiger partial charge in [0.25, 0.3) is 0 Å². The Labute approximate surface area is 192 Å². The van der Waals surface area contributed by atoms with Gasteiger partial charge in [0.15, 0.2) is 10.8 Å². The van der Waals surface area contributed by atoms with E-state index in [1.165, 1.54) is 4.57 Å². The van der Waals surface area contributed by atoms with E-state index >= 15 is 0 Å². The number of nitrogens with zero attached hydrogens (tertiary/aromatic N) is 5. The van der Waals surface area contributed by atoms with Crippen LogP contribution in [0.15, 0.2) is 61.2 Å². The highest BCUT2D eigenvalue weighted by atomic mass is 35.5. The molecular weight excluding hydrogens is 458 g/mol. The van der Waals surface area contributed by atoms with Crippen molar-refractivity contribution in [3.8, 4) is 0 Å². The van der Waals surface area contributed by atoms with Crippen LogP contribution in [0.4, 0.5) is 0 Å². The van der Waals surface area contributed by atoms with Crippen LogP contribution in [0.3, 0.4) is 0 Å². The van der Waals surface area contributed by atoms with Gasteiger partial charge in [0, 0.05) is 31.9 Å². The fourth-order valence-corrected chi connectivity index (χ4v) is 5.30. The number of thioether (sulfide) groups is 1. The predicted molar refractivity (Wildman–Crippen MR) is 127 cm³/mol. The topological polar surface area (TPSA) is 83.4 Å². The first kappa shape index (κ1) is 21.7. The fourth-order valence-electron chi connectivity index (χ4n) is 3.56. The molecule has 1 amide bonds. The zero-order chi connectivity index (χ0) is 20.5. The molecule has 0 atom stereocenters. The molecule has 0 bridgehead atoms. The lowest BCUT2D eigenvalue weighted by molar-refractivity contribution is -0.133. The summed E-state index contributed by atoms with van der Waals surface area (Å²) in [5, 5.41) is 11.7. The Morgan fingerprint density at radius 1 is 1.06 bits per heavy atom. The van der Waals surface area contributed by atoms with Crippen molar-refractivity contribution >= 4 is 63.4 Å².